The highest BCUT2D eigenvalue weighted by molar-refractivity contribution is 6.07. The number of rotatable bonds is 3. The highest BCUT2D eigenvalue weighted by Crippen LogP contribution is 2.28. The molecular formula is C21H17F2N3O. The van der Waals surface area contributed by atoms with Gasteiger partial charge in [-0.25, -0.2) is 8.78 Å². The Morgan fingerprint density at radius 1 is 1.07 bits per heavy atom. The molecule has 0 spiro atoms. The number of hydrogen-bond donors (Lipinski definition) is 1. The van der Waals surface area contributed by atoms with Gasteiger partial charge < -0.3 is 10.2 Å². The summed E-state index contributed by atoms with van der Waals surface area (Å²) < 4.78 is 26.9. The van der Waals surface area contributed by atoms with Crippen molar-refractivity contribution in [1.29, 1.82) is 0 Å². The van der Waals surface area contributed by atoms with Gasteiger partial charge >= 0.3 is 0 Å². The SMILES string of the molecule is O=C(c1cncc(Nc2ccc(F)cc2F)c1)N1CCCc2ccccc21. The van der Waals surface area contributed by atoms with Crippen molar-refractivity contribution in [3.8, 4) is 0 Å². The maximum Gasteiger partial charge on any atom is 0.259 e. The molecule has 1 aromatic heterocycles. The summed E-state index contributed by atoms with van der Waals surface area (Å²) in [6.07, 6.45) is 4.83. The lowest BCUT2D eigenvalue weighted by molar-refractivity contribution is 0.0985. The normalized spacial score (nSPS) is 13.2. The number of halogens is 2. The number of aromatic nitrogens is 1. The van der Waals surface area contributed by atoms with Crippen LogP contribution in [0.3, 0.4) is 0 Å². The van der Waals surface area contributed by atoms with E-state index in [9.17, 15) is 13.6 Å². The van der Waals surface area contributed by atoms with Gasteiger partial charge in [0.2, 0.25) is 0 Å². The summed E-state index contributed by atoms with van der Waals surface area (Å²) in [5.74, 6) is -1.52. The van der Waals surface area contributed by atoms with Crippen molar-refractivity contribution in [2.24, 2.45) is 0 Å². The molecule has 0 saturated heterocycles. The molecule has 4 rings (SSSR count). The zero-order chi connectivity index (χ0) is 18.8. The van der Waals surface area contributed by atoms with Crippen LogP contribution in [-0.2, 0) is 6.42 Å². The van der Waals surface area contributed by atoms with E-state index in [0.717, 1.165) is 30.2 Å². The molecule has 0 fully saturated rings. The number of carbonyl (C=O) groups is 1. The third-order valence-electron chi connectivity index (χ3n) is 4.55. The predicted octanol–water partition coefficient (Wildman–Crippen LogP) is 4.70. The van der Waals surface area contributed by atoms with E-state index >= 15 is 0 Å². The second-order valence-corrected chi connectivity index (χ2v) is 6.40. The van der Waals surface area contributed by atoms with Crippen LogP contribution in [0.1, 0.15) is 22.3 Å². The molecule has 0 bridgehead atoms. The second-order valence-electron chi connectivity index (χ2n) is 6.40. The van der Waals surface area contributed by atoms with E-state index in [-0.39, 0.29) is 11.6 Å². The van der Waals surface area contributed by atoms with Gasteiger partial charge in [0.05, 0.1) is 23.1 Å². The molecule has 136 valence electrons. The van der Waals surface area contributed by atoms with Crippen molar-refractivity contribution in [2.45, 2.75) is 12.8 Å². The summed E-state index contributed by atoms with van der Waals surface area (Å²) in [6, 6.07) is 12.7. The zero-order valence-electron chi connectivity index (χ0n) is 14.5. The zero-order valence-corrected chi connectivity index (χ0v) is 14.5. The number of carbonyl (C=O) groups excluding carboxylic acids is 1. The van der Waals surface area contributed by atoms with E-state index in [1.807, 2.05) is 24.3 Å². The van der Waals surface area contributed by atoms with Crippen molar-refractivity contribution in [3.05, 3.63) is 83.7 Å². The average Bonchev–Trinajstić information content (AvgIpc) is 2.69. The summed E-state index contributed by atoms with van der Waals surface area (Å²) in [6.45, 7) is 0.639. The molecule has 1 amide bonds. The van der Waals surface area contributed by atoms with Crippen LogP contribution in [0.4, 0.5) is 25.8 Å². The molecule has 1 aliphatic rings. The lowest BCUT2D eigenvalue weighted by Gasteiger charge is -2.29. The largest absolute Gasteiger partial charge is 0.352 e. The first-order valence-electron chi connectivity index (χ1n) is 8.69. The van der Waals surface area contributed by atoms with Crippen molar-refractivity contribution in [2.75, 3.05) is 16.8 Å². The van der Waals surface area contributed by atoms with E-state index in [4.69, 9.17) is 0 Å². The molecule has 2 heterocycles. The first-order valence-corrected chi connectivity index (χ1v) is 8.69. The van der Waals surface area contributed by atoms with Crippen LogP contribution in [0.2, 0.25) is 0 Å². The molecule has 6 heteroatoms. The third kappa shape index (κ3) is 3.51. The Balaban J connectivity index is 1.60. The molecule has 27 heavy (non-hydrogen) atoms. The predicted molar refractivity (Wildman–Crippen MR) is 100 cm³/mol. The van der Waals surface area contributed by atoms with Crippen LogP contribution < -0.4 is 10.2 Å². The van der Waals surface area contributed by atoms with E-state index in [2.05, 4.69) is 10.3 Å². The molecule has 0 radical (unpaired) electrons. The maximum absolute atomic E-state index is 13.9. The van der Waals surface area contributed by atoms with E-state index in [0.29, 0.717) is 17.8 Å². The highest BCUT2D eigenvalue weighted by Gasteiger charge is 2.23. The Morgan fingerprint density at radius 2 is 1.93 bits per heavy atom. The van der Waals surface area contributed by atoms with Gasteiger partial charge in [0.25, 0.3) is 5.91 Å². The number of pyridine rings is 1. The van der Waals surface area contributed by atoms with Crippen molar-refractivity contribution >= 4 is 23.0 Å². The molecule has 0 atom stereocenters. The minimum absolute atomic E-state index is 0.117. The highest BCUT2D eigenvalue weighted by atomic mass is 19.1. The fourth-order valence-corrected chi connectivity index (χ4v) is 3.27. The smallest absolute Gasteiger partial charge is 0.259 e. The van der Waals surface area contributed by atoms with Crippen molar-refractivity contribution in [3.63, 3.8) is 0 Å². The lowest BCUT2D eigenvalue weighted by atomic mass is 10.0. The Morgan fingerprint density at radius 3 is 2.78 bits per heavy atom. The number of hydrogen-bond acceptors (Lipinski definition) is 3. The standard InChI is InChI=1S/C21H17F2N3O/c22-16-7-8-19(18(23)11-16)25-17-10-15(12-24-13-17)21(27)26-9-3-5-14-4-1-2-6-20(14)26/h1-2,4,6-8,10-13,25H,3,5,9H2. The Labute approximate surface area is 155 Å². The van der Waals surface area contributed by atoms with Crippen molar-refractivity contribution in [1.82, 2.24) is 4.98 Å². The minimum Gasteiger partial charge on any atom is -0.352 e. The quantitative estimate of drug-likeness (QED) is 0.732. The number of benzene rings is 2. The molecule has 4 nitrogen and oxygen atoms in total. The van der Waals surface area contributed by atoms with E-state index in [1.165, 1.54) is 24.5 Å². The minimum atomic E-state index is -0.711. The molecule has 0 unspecified atom stereocenters. The van der Waals surface area contributed by atoms with Crippen LogP contribution >= 0.6 is 0 Å². The lowest BCUT2D eigenvalue weighted by Crippen LogP contribution is -2.35. The first kappa shape index (κ1) is 17.1. The molecular weight excluding hydrogens is 348 g/mol. The fourth-order valence-electron chi connectivity index (χ4n) is 3.27. The molecule has 2 aromatic carbocycles. The fraction of sp³-hybridized carbons (Fsp3) is 0.143. The van der Waals surface area contributed by atoms with Gasteiger partial charge in [0, 0.05) is 24.5 Å². The monoisotopic (exact) mass is 365 g/mol. The second kappa shape index (κ2) is 7.15. The van der Waals surface area contributed by atoms with Gasteiger partial charge in [0.15, 0.2) is 0 Å². The van der Waals surface area contributed by atoms with Gasteiger partial charge in [-0.15, -0.1) is 0 Å². The van der Waals surface area contributed by atoms with Crippen LogP contribution in [-0.4, -0.2) is 17.4 Å². The summed E-state index contributed by atoms with van der Waals surface area (Å²) >= 11 is 0. The van der Waals surface area contributed by atoms with Crippen LogP contribution in [0.25, 0.3) is 0 Å². The summed E-state index contributed by atoms with van der Waals surface area (Å²) in [5.41, 5.74) is 3.03. The molecule has 3 aromatic rings. The maximum atomic E-state index is 13.9. The molecule has 0 saturated carbocycles. The topological polar surface area (TPSA) is 45.2 Å². The van der Waals surface area contributed by atoms with Crippen LogP contribution in [0.5, 0.6) is 0 Å². The molecule has 1 aliphatic heterocycles. The molecule has 0 aliphatic carbocycles. The number of anilines is 3. The summed E-state index contributed by atoms with van der Waals surface area (Å²) in [4.78, 5) is 18.9. The van der Waals surface area contributed by atoms with Crippen molar-refractivity contribution < 1.29 is 13.6 Å². The summed E-state index contributed by atoms with van der Waals surface area (Å²) in [5, 5.41) is 2.84. The third-order valence-corrected chi connectivity index (χ3v) is 4.55. The average molecular weight is 365 g/mol. The Kier molecular flexibility index (Phi) is 4.54. The van der Waals surface area contributed by atoms with Crippen LogP contribution in [0.15, 0.2) is 60.9 Å². The molecule has 1 N–H and O–H groups in total. The summed E-state index contributed by atoms with van der Waals surface area (Å²) in [7, 11) is 0. The Bertz CT molecular complexity index is 1010. The van der Waals surface area contributed by atoms with Gasteiger partial charge in [-0.1, -0.05) is 18.2 Å². The number of amides is 1. The van der Waals surface area contributed by atoms with Crippen LogP contribution in [0, 0.1) is 11.6 Å². The van der Waals surface area contributed by atoms with Gasteiger partial charge in [0.1, 0.15) is 11.6 Å². The van der Waals surface area contributed by atoms with Gasteiger partial charge in [-0.05, 0) is 42.7 Å². The number of fused-ring (bicyclic) bond motifs is 1. The van der Waals surface area contributed by atoms with Gasteiger partial charge in [-0.3, -0.25) is 9.78 Å². The Hall–Kier alpha value is -3.28. The number of aryl methyl sites for hydroxylation is 1. The number of nitrogens with one attached hydrogen (secondary N) is 1. The van der Waals surface area contributed by atoms with E-state index in [1.54, 1.807) is 11.0 Å². The first-order chi connectivity index (χ1) is 13.1. The van der Waals surface area contributed by atoms with Gasteiger partial charge in [-0.2, -0.15) is 0 Å². The number of para-hydroxylation sites is 1. The number of nitrogens with zero attached hydrogens (tertiary/aromatic N) is 2. The van der Waals surface area contributed by atoms with E-state index < -0.39 is 11.6 Å².